The van der Waals surface area contributed by atoms with Gasteiger partial charge < -0.3 is 4.74 Å². The summed E-state index contributed by atoms with van der Waals surface area (Å²) in [6.45, 7) is 11.5. The van der Waals surface area contributed by atoms with Gasteiger partial charge in [0.25, 0.3) is 5.56 Å². The van der Waals surface area contributed by atoms with E-state index < -0.39 is 5.41 Å². The van der Waals surface area contributed by atoms with Crippen LogP contribution in [0.4, 0.5) is 0 Å². The molecular weight excluding hydrogens is 472 g/mol. The van der Waals surface area contributed by atoms with Gasteiger partial charge >= 0.3 is 0 Å². The van der Waals surface area contributed by atoms with Gasteiger partial charge in [0, 0.05) is 18.4 Å². The molecule has 7 heteroatoms. The molecule has 1 fully saturated rings. The van der Waals surface area contributed by atoms with Crippen LogP contribution in [-0.4, -0.2) is 25.9 Å². The number of hydrogen-bond donors (Lipinski definition) is 0. The van der Waals surface area contributed by atoms with Gasteiger partial charge in [0.15, 0.2) is 0 Å². The average molecular weight is 503 g/mol. The first-order valence-corrected chi connectivity index (χ1v) is 13.0. The number of hydrogen-bond acceptors (Lipinski definition) is 4. The Balaban J connectivity index is 1.55. The summed E-state index contributed by atoms with van der Waals surface area (Å²) in [5, 5.41) is 5.52. The lowest BCUT2D eigenvalue weighted by atomic mass is 9.84. The van der Waals surface area contributed by atoms with Crippen molar-refractivity contribution in [1.82, 2.24) is 19.3 Å². The third-order valence-corrected chi connectivity index (χ3v) is 7.96. The van der Waals surface area contributed by atoms with Gasteiger partial charge in [0.2, 0.25) is 0 Å². The van der Waals surface area contributed by atoms with Gasteiger partial charge in [-0.05, 0) is 73.4 Å². The summed E-state index contributed by atoms with van der Waals surface area (Å²) in [7, 11) is 0. The molecule has 2 aliphatic rings. The van der Waals surface area contributed by atoms with Crippen molar-refractivity contribution in [3.63, 3.8) is 0 Å². The number of aromatic nitrogens is 4. The summed E-state index contributed by atoms with van der Waals surface area (Å²) in [6.07, 6.45) is 7.23. The molecule has 1 atom stereocenters. The SMILES string of the molecule is CC(C)(C)c1ccc(Cl)c2c(=O)nc3n(c12)-c1ccc(-c2cnn(C4CCCCO4)c2)cc1C3(C)C. The first-order chi connectivity index (χ1) is 17.1. The van der Waals surface area contributed by atoms with Gasteiger partial charge in [-0.1, -0.05) is 44.5 Å². The van der Waals surface area contributed by atoms with Crippen molar-refractivity contribution in [1.29, 1.82) is 0 Å². The first kappa shape index (κ1) is 23.4. The van der Waals surface area contributed by atoms with E-state index in [9.17, 15) is 4.79 Å². The Kier molecular flexibility index (Phi) is 5.22. The van der Waals surface area contributed by atoms with Crippen LogP contribution in [0.25, 0.3) is 27.7 Å². The summed E-state index contributed by atoms with van der Waals surface area (Å²) in [5.74, 6) is 0.742. The third kappa shape index (κ3) is 3.46. The second-order valence-corrected chi connectivity index (χ2v) is 11.9. The highest BCUT2D eigenvalue weighted by Gasteiger charge is 2.40. The van der Waals surface area contributed by atoms with Crippen LogP contribution in [0.2, 0.25) is 5.02 Å². The molecule has 36 heavy (non-hydrogen) atoms. The number of benzene rings is 2. The van der Waals surface area contributed by atoms with E-state index in [2.05, 4.69) is 73.7 Å². The summed E-state index contributed by atoms with van der Waals surface area (Å²) < 4.78 is 10.0. The maximum Gasteiger partial charge on any atom is 0.282 e. The van der Waals surface area contributed by atoms with Crippen LogP contribution >= 0.6 is 11.6 Å². The van der Waals surface area contributed by atoms with Crippen LogP contribution in [0.1, 0.15) is 77.1 Å². The lowest BCUT2D eigenvalue weighted by Crippen LogP contribution is -2.25. The molecule has 1 unspecified atom stereocenters. The summed E-state index contributed by atoms with van der Waals surface area (Å²) >= 11 is 6.58. The van der Waals surface area contributed by atoms with Crippen molar-refractivity contribution < 1.29 is 4.74 Å². The topological polar surface area (TPSA) is 61.9 Å². The van der Waals surface area contributed by atoms with Crippen LogP contribution in [-0.2, 0) is 15.6 Å². The van der Waals surface area contributed by atoms with Crippen LogP contribution in [0.15, 0.2) is 47.5 Å². The molecule has 1 saturated heterocycles. The van der Waals surface area contributed by atoms with E-state index in [0.29, 0.717) is 10.4 Å². The minimum absolute atomic E-state index is 0.00443. The molecular formula is C29H31ClN4O2. The molecule has 186 valence electrons. The van der Waals surface area contributed by atoms with E-state index in [1.807, 2.05) is 23.0 Å². The second kappa shape index (κ2) is 8.02. The molecule has 0 saturated carbocycles. The van der Waals surface area contributed by atoms with Gasteiger partial charge in [0.05, 0.1) is 33.2 Å². The Morgan fingerprint density at radius 3 is 2.64 bits per heavy atom. The molecule has 6 rings (SSSR count). The Morgan fingerprint density at radius 1 is 1.11 bits per heavy atom. The maximum absolute atomic E-state index is 13.3. The smallest absolute Gasteiger partial charge is 0.282 e. The minimum Gasteiger partial charge on any atom is -0.357 e. The molecule has 0 radical (unpaired) electrons. The molecule has 0 aliphatic carbocycles. The standard InChI is InChI=1S/C29H31ClN4O2/c1-28(2,3)19-10-11-21(30)24-25(19)34-22-12-9-17(14-20(22)29(4,5)27(34)32-26(24)35)18-15-31-33(16-18)23-8-6-7-13-36-23/h9-12,14-16,23H,6-8,13H2,1-5H3. The van der Waals surface area contributed by atoms with Crippen molar-refractivity contribution in [2.75, 3.05) is 6.61 Å². The van der Waals surface area contributed by atoms with E-state index in [0.717, 1.165) is 65.2 Å². The second-order valence-electron chi connectivity index (χ2n) is 11.5. The fraction of sp³-hybridized carbons (Fsp3) is 0.414. The molecule has 4 aromatic rings. The fourth-order valence-corrected chi connectivity index (χ4v) is 5.91. The predicted octanol–water partition coefficient (Wildman–Crippen LogP) is 6.54. The highest BCUT2D eigenvalue weighted by atomic mass is 35.5. The monoisotopic (exact) mass is 502 g/mol. The molecule has 2 aromatic heterocycles. The lowest BCUT2D eigenvalue weighted by molar-refractivity contribution is -0.0394. The van der Waals surface area contributed by atoms with E-state index in [-0.39, 0.29) is 17.2 Å². The van der Waals surface area contributed by atoms with Gasteiger partial charge in [-0.3, -0.25) is 9.36 Å². The van der Waals surface area contributed by atoms with Gasteiger partial charge in [-0.15, -0.1) is 0 Å². The first-order valence-electron chi connectivity index (χ1n) is 12.6. The fourth-order valence-electron chi connectivity index (χ4n) is 5.68. The Morgan fingerprint density at radius 2 is 1.92 bits per heavy atom. The van der Waals surface area contributed by atoms with E-state index in [1.165, 1.54) is 0 Å². The zero-order valence-electron chi connectivity index (χ0n) is 21.4. The van der Waals surface area contributed by atoms with Crippen molar-refractivity contribution in [2.45, 2.75) is 70.9 Å². The third-order valence-electron chi connectivity index (χ3n) is 7.65. The highest BCUT2D eigenvalue weighted by Crippen LogP contribution is 2.46. The zero-order chi connectivity index (χ0) is 25.4. The molecule has 2 aliphatic heterocycles. The average Bonchev–Trinajstić information content (AvgIpc) is 3.41. The van der Waals surface area contributed by atoms with Gasteiger partial charge in [0.1, 0.15) is 12.1 Å². The van der Waals surface area contributed by atoms with Crippen molar-refractivity contribution in [3.8, 4) is 16.8 Å². The van der Waals surface area contributed by atoms with E-state index in [4.69, 9.17) is 16.3 Å². The quantitative estimate of drug-likeness (QED) is 0.312. The Hall–Kier alpha value is -2.96. The van der Waals surface area contributed by atoms with Crippen LogP contribution < -0.4 is 5.56 Å². The van der Waals surface area contributed by atoms with Crippen LogP contribution in [0.5, 0.6) is 0 Å². The predicted molar refractivity (Wildman–Crippen MR) is 143 cm³/mol. The minimum atomic E-state index is -0.460. The van der Waals surface area contributed by atoms with Crippen molar-refractivity contribution in [2.24, 2.45) is 0 Å². The van der Waals surface area contributed by atoms with Crippen molar-refractivity contribution in [3.05, 3.63) is 75.1 Å². The molecule has 6 nitrogen and oxygen atoms in total. The largest absolute Gasteiger partial charge is 0.357 e. The summed E-state index contributed by atoms with van der Waals surface area (Å²) in [4.78, 5) is 17.9. The van der Waals surface area contributed by atoms with Crippen molar-refractivity contribution >= 4 is 22.5 Å². The number of ether oxygens (including phenoxy) is 1. The molecule has 0 amide bonds. The number of nitrogens with zero attached hydrogens (tertiary/aromatic N) is 4. The number of halogens is 1. The molecule has 4 heterocycles. The summed E-state index contributed by atoms with van der Waals surface area (Å²) in [6, 6.07) is 10.3. The number of rotatable bonds is 2. The van der Waals surface area contributed by atoms with Gasteiger partial charge in [-0.25, -0.2) is 4.68 Å². The van der Waals surface area contributed by atoms with E-state index >= 15 is 0 Å². The molecule has 0 N–H and O–H groups in total. The molecule has 0 bridgehead atoms. The summed E-state index contributed by atoms with van der Waals surface area (Å²) in [5.41, 5.74) is 5.30. The lowest BCUT2D eigenvalue weighted by Gasteiger charge is -2.25. The van der Waals surface area contributed by atoms with Gasteiger partial charge in [-0.2, -0.15) is 10.1 Å². The zero-order valence-corrected chi connectivity index (χ0v) is 22.2. The van der Waals surface area contributed by atoms with Crippen LogP contribution in [0.3, 0.4) is 0 Å². The van der Waals surface area contributed by atoms with E-state index in [1.54, 1.807) is 0 Å². The Bertz CT molecular complexity index is 1570. The molecule has 0 spiro atoms. The Labute approximate surface area is 215 Å². The normalized spacial score (nSPS) is 18.9. The maximum atomic E-state index is 13.3. The highest BCUT2D eigenvalue weighted by molar-refractivity contribution is 6.35. The number of fused-ring (bicyclic) bond motifs is 5. The molecule has 2 aromatic carbocycles. The van der Waals surface area contributed by atoms with Crippen LogP contribution in [0, 0.1) is 0 Å².